The molecule has 1 heterocycles. The summed E-state index contributed by atoms with van der Waals surface area (Å²) in [5.41, 5.74) is 9.71. The first-order valence-corrected chi connectivity index (χ1v) is 12.4. The molecule has 7 heteroatoms. The van der Waals surface area contributed by atoms with Gasteiger partial charge in [-0.1, -0.05) is 50.2 Å². The number of rotatable bonds is 8. The highest BCUT2D eigenvalue weighted by atomic mass is 16.5. The van der Waals surface area contributed by atoms with Crippen molar-refractivity contribution in [3.63, 3.8) is 0 Å². The van der Waals surface area contributed by atoms with E-state index in [1.54, 1.807) is 18.1 Å². The minimum atomic E-state index is -0.487. The quantitative estimate of drug-likeness (QED) is 0.598. The van der Waals surface area contributed by atoms with Gasteiger partial charge >= 0.3 is 0 Å². The second kappa shape index (κ2) is 10.2. The lowest BCUT2D eigenvalue weighted by atomic mass is 9.91. The Morgan fingerprint density at radius 1 is 1.29 bits per heavy atom. The fraction of sp³-hybridized carbons (Fsp3) is 0.464. The van der Waals surface area contributed by atoms with Crippen LogP contribution in [0.4, 0.5) is 0 Å². The minimum Gasteiger partial charge on any atom is -0.385 e. The standard InChI is InChI=1S/C28H36N4O3/c1-5-28(3)17-24(33)32(27(29)31-28)23(13-14-35-4)20-10-8-11-21(16-20)26(34)30-25-18(2)15-19-9-6-7-12-22(19)25/h6-12,16,18,23,25H,5,13-15,17H2,1-4H3,(H2,29,31)(H,30,34)/t18-,23+,25-,28?/m0/s1. The zero-order valence-corrected chi connectivity index (χ0v) is 21.1. The molecular weight excluding hydrogens is 440 g/mol. The van der Waals surface area contributed by atoms with E-state index in [1.807, 2.05) is 44.2 Å². The number of benzene rings is 2. The number of ether oxygens (including phenoxy) is 1. The summed E-state index contributed by atoms with van der Waals surface area (Å²) in [7, 11) is 1.63. The van der Waals surface area contributed by atoms with Gasteiger partial charge in [0.25, 0.3) is 5.91 Å². The van der Waals surface area contributed by atoms with Gasteiger partial charge in [-0.3, -0.25) is 14.5 Å². The monoisotopic (exact) mass is 476 g/mol. The molecule has 2 aromatic carbocycles. The predicted molar refractivity (Wildman–Crippen MR) is 137 cm³/mol. The van der Waals surface area contributed by atoms with Crippen LogP contribution in [0.1, 0.15) is 79.2 Å². The lowest BCUT2D eigenvalue weighted by molar-refractivity contribution is -0.131. The van der Waals surface area contributed by atoms with Gasteiger partial charge in [-0.2, -0.15) is 0 Å². The number of guanidine groups is 1. The second-order valence-corrected chi connectivity index (χ2v) is 10.0. The molecule has 1 unspecified atom stereocenters. The zero-order valence-electron chi connectivity index (χ0n) is 21.1. The first-order valence-electron chi connectivity index (χ1n) is 12.4. The third-order valence-electron chi connectivity index (χ3n) is 7.42. The molecule has 0 aromatic heterocycles. The summed E-state index contributed by atoms with van der Waals surface area (Å²) in [5.74, 6) is 0.354. The van der Waals surface area contributed by atoms with E-state index in [4.69, 9.17) is 10.5 Å². The van der Waals surface area contributed by atoms with Gasteiger partial charge in [-0.05, 0) is 60.9 Å². The van der Waals surface area contributed by atoms with Gasteiger partial charge in [0, 0.05) is 19.3 Å². The highest BCUT2D eigenvalue weighted by Gasteiger charge is 2.38. The summed E-state index contributed by atoms with van der Waals surface area (Å²) < 4.78 is 5.33. The Bertz CT molecular complexity index is 1130. The molecule has 0 radical (unpaired) electrons. The number of carbonyl (C=O) groups excluding carboxylic acids is 2. The smallest absolute Gasteiger partial charge is 0.251 e. The van der Waals surface area contributed by atoms with Crippen molar-refractivity contribution in [1.82, 2.24) is 10.2 Å². The van der Waals surface area contributed by atoms with Crippen molar-refractivity contribution >= 4 is 17.8 Å². The summed E-state index contributed by atoms with van der Waals surface area (Å²) in [6.07, 6.45) is 2.52. The highest BCUT2D eigenvalue weighted by molar-refractivity contribution is 5.99. The van der Waals surface area contributed by atoms with Gasteiger partial charge in [0.05, 0.1) is 24.0 Å². The first-order chi connectivity index (χ1) is 16.8. The molecule has 2 aliphatic rings. The maximum absolute atomic E-state index is 13.3. The Morgan fingerprint density at radius 2 is 2.06 bits per heavy atom. The fourth-order valence-electron chi connectivity index (χ4n) is 5.25. The van der Waals surface area contributed by atoms with E-state index in [-0.39, 0.29) is 29.9 Å². The summed E-state index contributed by atoms with van der Waals surface area (Å²) in [4.78, 5) is 32.7. The normalized spacial score (nSPS) is 24.6. The SMILES string of the molecule is CCC1(C)CC(=O)N([C@H](CCOC)c2cccc(C(=O)N[C@@H]3c4ccccc4C[C@@H]3C)c2)C(N)=N1. The van der Waals surface area contributed by atoms with Crippen molar-refractivity contribution in [2.45, 2.75) is 64.1 Å². The number of nitrogens with one attached hydrogen (secondary N) is 1. The maximum atomic E-state index is 13.3. The van der Waals surface area contributed by atoms with Crippen LogP contribution in [0.25, 0.3) is 0 Å². The molecule has 0 spiro atoms. The van der Waals surface area contributed by atoms with Crippen LogP contribution in [-0.4, -0.2) is 41.9 Å². The van der Waals surface area contributed by atoms with Gasteiger partial charge in [-0.25, -0.2) is 4.99 Å². The van der Waals surface area contributed by atoms with E-state index in [9.17, 15) is 9.59 Å². The number of nitrogens with zero attached hydrogens (tertiary/aromatic N) is 2. The van der Waals surface area contributed by atoms with Crippen molar-refractivity contribution in [2.75, 3.05) is 13.7 Å². The number of amides is 2. The largest absolute Gasteiger partial charge is 0.385 e. The third-order valence-corrected chi connectivity index (χ3v) is 7.42. The van der Waals surface area contributed by atoms with Crippen LogP contribution >= 0.6 is 0 Å². The average molecular weight is 477 g/mol. The van der Waals surface area contributed by atoms with Crippen LogP contribution in [0.15, 0.2) is 53.5 Å². The van der Waals surface area contributed by atoms with Gasteiger partial charge in [0.15, 0.2) is 5.96 Å². The number of hydrogen-bond donors (Lipinski definition) is 2. The molecule has 2 aromatic rings. The van der Waals surface area contributed by atoms with E-state index in [1.165, 1.54) is 11.1 Å². The molecule has 1 aliphatic carbocycles. The molecule has 4 rings (SSSR count). The Hall–Kier alpha value is -3.19. The molecule has 4 atom stereocenters. The third kappa shape index (κ3) is 5.10. The van der Waals surface area contributed by atoms with Crippen molar-refractivity contribution in [3.05, 3.63) is 70.8 Å². The highest BCUT2D eigenvalue weighted by Crippen LogP contribution is 2.36. The Kier molecular flexibility index (Phi) is 7.26. The van der Waals surface area contributed by atoms with E-state index in [0.29, 0.717) is 30.9 Å². The lowest BCUT2D eigenvalue weighted by Crippen LogP contribution is -2.52. The molecule has 0 fully saturated rings. The van der Waals surface area contributed by atoms with E-state index in [0.717, 1.165) is 18.4 Å². The fourth-order valence-corrected chi connectivity index (χ4v) is 5.25. The van der Waals surface area contributed by atoms with Crippen molar-refractivity contribution in [1.29, 1.82) is 0 Å². The number of hydrogen-bond acceptors (Lipinski definition) is 5. The Morgan fingerprint density at radius 3 is 2.77 bits per heavy atom. The van der Waals surface area contributed by atoms with Gasteiger partial charge in [0.1, 0.15) is 0 Å². The molecule has 186 valence electrons. The summed E-state index contributed by atoms with van der Waals surface area (Å²) in [6.45, 7) is 6.57. The molecule has 0 saturated heterocycles. The molecule has 0 bridgehead atoms. The zero-order chi connectivity index (χ0) is 25.2. The Labute approximate surface area is 207 Å². The molecule has 7 nitrogen and oxygen atoms in total. The molecule has 1 aliphatic heterocycles. The molecule has 0 saturated carbocycles. The topological polar surface area (TPSA) is 97.0 Å². The lowest BCUT2D eigenvalue weighted by Gasteiger charge is -2.39. The van der Waals surface area contributed by atoms with Crippen LogP contribution in [0.3, 0.4) is 0 Å². The molecule has 3 N–H and O–H groups in total. The van der Waals surface area contributed by atoms with Crippen LogP contribution in [0.5, 0.6) is 0 Å². The molecule has 35 heavy (non-hydrogen) atoms. The van der Waals surface area contributed by atoms with Crippen molar-refractivity contribution in [3.8, 4) is 0 Å². The van der Waals surface area contributed by atoms with E-state index >= 15 is 0 Å². The maximum Gasteiger partial charge on any atom is 0.251 e. The second-order valence-electron chi connectivity index (χ2n) is 10.0. The summed E-state index contributed by atoms with van der Waals surface area (Å²) >= 11 is 0. The van der Waals surface area contributed by atoms with Gasteiger partial charge in [-0.15, -0.1) is 0 Å². The number of nitrogens with two attached hydrogens (primary N) is 1. The van der Waals surface area contributed by atoms with Crippen molar-refractivity contribution < 1.29 is 14.3 Å². The van der Waals surface area contributed by atoms with Gasteiger partial charge in [0.2, 0.25) is 5.91 Å². The summed E-state index contributed by atoms with van der Waals surface area (Å²) in [6, 6.07) is 15.3. The molecular formula is C28H36N4O3. The molecule has 2 amide bonds. The van der Waals surface area contributed by atoms with Crippen LogP contribution < -0.4 is 11.1 Å². The van der Waals surface area contributed by atoms with Crippen molar-refractivity contribution in [2.24, 2.45) is 16.6 Å². The minimum absolute atomic E-state index is 0.0233. The summed E-state index contributed by atoms with van der Waals surface area (Å²) in [5, 5.41) is 3.23. The van der Waals surface area contributed by atoms with E-state index < -0.39 is 5.54 Å². The first kappa shape index (κ1) is 24.9. The predicted octanol–water partition coefficient (Wildman–Crippen LogP) is 4.14. The van der Waals surface area contributed by atoms with Gasteiger partial charge < -0.3 is 15.8 Å². The van der Waals surface area contributed by atoms with Crippen LogP contribution in [-0.2, 0) is 16.0 Å². The average Bonchev–Trinajstić information content (AvgIpc) is 3.15. The number of methoxy groups -OCH3 is 1. The van der Waals surface area contributed by atoms with Crippen LogP contribution in [0.2, 0.25) is 0 Å². The Balaban J connectivity index is 1.60. The number of fused-ring (bicyclic) bond motifs is 1. The van der Waals surface area contributed by atoms with E-state index in [2.05, 4.69) is 29.4 Å². The van der Waals surface area contributed by atoms with Crippen LogP contribution in [0, 0.1) is 5.92 Å². The number of carbonyl (C=O) groups is 2. The number of aliphatic imine (C=N–C) groups is 1.